The standard InChI is InChI=1S/C14H8N6OS2/c15-5-8-4-9(6-16)14(18-12(8)17)23-7-11-19-20-13(21-11)10-2-1-3-22-10/h1-4H,7H2,(H2,17,18). The number of thioether (sulfide) groups is 1. The van der Waals surface area contributed by atoms with Crippen molar-refractivity contribution in [2.75, 3.05) is 5.73 Å². The Kier molecular flexibility index (Phi) is 4.24. The molecular weight excluding hydrogens is 332 g/mol. The topological polar surface area (TPSA) is 125 Å². The van der Waals surface area contributed by atoms with Crippen LogP contribution < -0.4 is 5.73 Å². The van der Waals surface area contributed by atoms with E-state index in [0.717, 1.165) is 4.88 Å². The number of thiophene rings is 1. The molecule has 3 heterocycles. The molecule has 2 N–H and O–H groups in total. The molecule has 0 bridgehead atoms. The van der Waals surface area contributed by atoms with E-state index in [1.165, 1.54) is 29.2 Å². The van der Waals surface area contributed by atoms with E-state index in [0.29, 0.717) is 28.1 Å². The fourth-order valence-corrected chi connectivity index (χ4v) is 3.18. The molecule has 3 rings (SSSR count). The number of hydrogen-bond donors (Lipinski definition) is 1. The highest BCUT2D eigenvalue weighted by atomic mass is 32.2. The van der Waals surface area contributed by atoms with Gasteiger partial charge in [0.15, 0.2) is 0 Å². The number of nitriles is 2. The van der Waals surface area contributed by atoms with E-state index in [1.54, 1.807) is 0 Å². The summed E-state index contributed by atoms with van der Waals surface area (Å²) >= 11 is 2.76. The molecule has 23 heavy (non-hydrogen) atoms. The Bertz CT molecular complexity index is 920. The van der Waals surface area contributed by atoms with Crippen LogP contribution in [-0.4, -0.2) is 15.2 Å². The van der Waals surface area contributed by atoms with Crippen molar-refractivity contribution >= 4 is 28.9 Å². The van der Waals surface area contributed by atoms with E-state index in [4.69, 9.17) is 20.7 Å². The third kappa shape index (κ3) is 3.16. The largest absolute Gasteiger partial charge is 0.419 e. The van der Waals surface area contributed by atoms with Crippen molar-refractivity contribution in [3.8, 4) is 22.9 Å². The lowest BCUT2D eigenvalue weighted by atomic mass is 10.2. The lowest BCUT2D eigenvalue weighted by Crippen LogP contribution is -1.99. The third-order valence-electron chi connectivity index (χ3n) is 2.79. The molecule has 0 saturated heterocycles. The van der Waals surface area contributed by atoms with E-state index >= 15 is 0 Å². The average Bonchev–Trinajstić information content (AvgIpc) is 3.24. The van der Waals surface area contributed by atoms with Gasteiger partial charge >= 0.3 is 0 Å². The van der Waals surface area contributed by atoms with Crippen molar-refractivity contribution in [1.29, 1.82) is 10.5 Å². The van der Waals surface area contributed by atoms with Gasteiger partial charge in [0.25, 0.3) is 5.89 Å². The van der Waals surface area contributed by atoms with Crippen LogP contribution in [0.25, 0.3) is 10.8 Å². The van der Waals surface area contributed by atoms with E-state index in [1.807, 2.05) is 29.7 Å². The molecule has 3 aromatic heterocycles. The Morgan fingerprint density at radius 1 is 1.26 bits per heavy atom. The van der Waals surface area contributed by atoms with Gasteiger partial charge in [-0.3, -0.25) is 0 Å². The lowest BCUT2D eigenvalue weighted by molar-refractivity contribution is 0.529. The average molecular weight is 340 g/mol. The number of aromatic nitrogens is 3. The first-order valence-corrected chi connectivity index (χ1v) is 8.17. The van der Waals surface area contributed by atoms with Gasteiger partial charge in [0.05, 0.1) is 21.8 Å². The van der Waals surface area contributed by atoms with Crippen LogP contribution in [0.4, 0.5) is 5.82 Å². The first-order chi connectivity index (χ1) is 11.2. The molecule has 0 aliphatic carbocycles. The van der Waals surface area contributed by atoms with E-state index < -0.39 is 0 Å². The molecule has 7 nitrogen and oxygen atoms in total. The predicted molar refractivity (Wildman–Crippen MR) is 85.3 cm³/mol. The summed E-state index contributed by atoms with van der Waals surface area (Å²) in [5.74, 6) is 1.33. The quantitative estimate of drug-likeness (QED) is 0.718. The van der Waals surface area contributed by atoms with E-state index in [2.05, 4.69) is 15.2 Å². The molecule has 0 aliphatic heterocycles. The SMILES string of the molecule is N#Cc1cc(C#N)c(SCc2nnc(-c3cccs3)o2)nc1N. The fourth-order valence-electron chi connectivity index (χ4n) is 1.73. The summed E-state index contributed by atoms with van der Waals surface area (Å²) in [5.41, 5.74) is 6.16. The van der Waals surface area contributed by atoms with Crippen LogP contribution in [0.2, 0.25) is 0 Å². The normalized spacial score (nSPS) is 10.2. The van der Waals surface area contributed by atoms with Gasteiger partial charge in [-0.05, 0) is 17.5 Å². The molecule has 0 aliphatic rings. The van der Waals surface area contributed by atoms with Gasteiger partial charge in [0, 0.05) is 0 Å². The second-order valence-electron chi connectivity index (χ2n) is 4.26. The molecule has 0 aromatic carbocycles. The predicted octanol–water partition coefficient (Wildman–Crippen LogP) is 2.81. The summed E-state index contributed by atoms with van der Waals surface area (Å²) in [7, 11) is 0. The van der Waals surface area contributed by atoms with Crippen molar-refractivity contribution in [2.45, 2.75) is 10.8 Å². The number of nitrogens with zero attached hydrogens (tertiary/aromatic N) is 5. The molecule has 112 valence electrons. The highest BCUT2D eigenvalue weighted by molar-refractivity contribution is 7.98. The monoisotopic (exact) mass is 340 g/mol. The smallest absolute Gasteiger partial charge is 0.257 e. The molecule has 0 atom stereocenters. The minimum Gasteiger partial charge on any atom is -0.419 e. The highest BCUT2D eigenvalue weighted by Gasteiger charge is 2.14. The van der Waals surface area contributed by atoms with Gasteiger partial charge in [-0.2, -0.15) is 10.5 Å². The molecule has 9 heteroatoms. The molecule has 3 aromatic rings. The van der Waals surface area contributed by atoms with Crippen LogP contribution >= 0.6 is 23.1 Å². The van der Waals surface area contributed by atoms with Crippen LogP contribution in [0.3, 0.4) is 0 Å². The Hall–Kier alpha value is -2.88. The Labute approximate surface area is 139 Å². The number of rotatable bonds is 4. The summed E-state index contributed by atoms with van der Waals surface area (Å²) < 4.78 is 5.57. The first kappa shape index (κ1) is 15.0. The van der Waals surface area contributed by atoms with Crippen LogP contribution in [-0.2, 0) is 5.75 Å². The van der Waals surface area contributed by atoms with Crippen LogP contribution in [0.15, 0.2) is 33.0 Å². The third-order valence-corrected chi connectivity index (χ3v) is 4.62. The molecule has 0 radical (unpaired) electrons. The second-order valence-corrected chi connectivity index (χ2v) is 6.18. The van der Waals surface area contributed by atoms with Crippen LogP contribution in [0, 0.1) is 22.7 Å². The zero-order valence-electron chi connectivity index (χ0n) is 11.6. The number of nitrogens with two attached hydrogens (primary N) is 1. The Balaban J connectivity index is 1.78. The number of pyridine rings is 1. The first-order valence-electron chi connectivity index (χ1n) is 6.31. The fraction of sp³-hybridized carbons (Fsp3) is 0.0714. The van der Waals surface area contributed by atoms with Crippen LogP contribution in [0.1, 0.15) is 17.0 Å². The molecule has 0 amide bonds. The maximum atomic E-state index is 9.15. The number of hydrogen-bond acceptors (Lipinski definition) is 9. The minimum absolute atomic E-state index is 0.0961. The van der Waals surface area contributed by atoms with Crippen molar-refractivity contribution in [3.63, 3.8) is 0 Å². The van der Waals surface area contributed by atoms with Gasteiger partial charge in [0.1, 0.15) is 23.0 Å². The lowest BCUT2D eigenvalue weighted by Gasteiger charge is -2.03. The zero-order chi connectivity index (χ0) is 16.2. The summed E-state index contributed by atoms with van der Waals surface area (Å²) in [6, 6.07) is 9.13. The van der Waals surface area contributed by atoms with E-state index in [-0.39, 0.29) is 11.4 Å². The summed E-state index contributed by atoms with van der Waals surface area (Å²) in [5, 5.41) is 28.4. The summed E-state index contributed by atoms with van der Waals surface area (Å²) in [6.07, 6.45) is 0. The van der Waals surface area contributed by atoms with Gasteiger partial charge in [-0.1, -0.05) is 17.8 Å². The van der Waals surface area contributed by atoms with Crippen molar-refractivity contribution < 1.29 is 4.42 Å². The molecule has 0 spiro atoms. The van der Waals surface area contributed by atoms with Gasteiger partial charge < -0.3 is 10.2 Å². The zero-order valence-corrected chi connectivity index (χ0v) is 13.2. The van der Waals surface area contributed by atoms with E-state index in [9.17, 15) is 0 Å². The highest BCUT2D eigenvalue weighted by Crippen LogP contribution is 2.28. The molecule has 0 saturated carbocycles. The van der Waals surface area contributed by atoms with Gasteiger partial charge in [0.2, 0.25) is 5.89 Å². The van der Waals surface area contributed by atoms with Crippen LogP contribution in [0.5, 0.6) is 0 Å². The summed E-state index contributed by atoms with van der Waals surface area (Å²) in [6.45, 7) is 0. The minimum atomic E-state index is 0.0961. The molecule has 0 fully saturated rings. The van der Waals surface area contributed by atoms with Gasteiger partial charge in [-0.25, -0.2) is 4.98 Å². The van der Waals surface area contributed by atoms with Crippen molar-refractivity contribution in [3.05, 3.63) is 40.6 Å². The maximum Gasteiger partial charge on any atom is 0.257 e. The summed E-state index contributed by atoms with van der Waals surface area (Å²) in [4.78, 5) is 4.99. The Morgan fingerprint density at radius 3 is 2.78 bits per heavy atom. The molecule has 0 unspecified atom stereocenters. The second kappa shape index (κ2) is 6.48. The Morgan fingerprint density at radius 2 is 2.09 bits per heavy atom. The van der Waals surface area contributed by atoms with Crippen molar-refractivity contribution in [1.82, 2.24) is 15.2 Å². The number of nitrogen functional groups attached to an aromatic ring is 1. The number of anilines is 1. The molecular formula is C14H8N6OS2. The maximum absolute atomic E-state index is 9.15. The van der Waals surface area contributed by atoms with Crippen molar-refractivity contribution in [2.24, 2.45) is 0 Å². The van der Waals surface area contributed by atoms with Gasteiger partial charge in [-0.15, -0.1) is 21.5 Å².